The van der Waals surface area contributed by atoms with Crippen LogP contribution >= 0.6 is 11.3 Å². The number of benzene rings is 1. The lowest BCUT2D eigenvalue weighted by atomic mass is 10.1. The van der Waals surface area contributed by atoms with E-state index in [0.717, 1.165) is 18.5 Å². The summed E-state index contributed by atoms with van der Waals surface area (Å²) in [7, 11) is 3.17. The summed E-state index contributed by atoms with van der Waals surface area (Å²) >= 11 is 1.47. The number of aromatic nitrogens is 2. The summed E-state index contributed by atoms with van der Waals surface area (Å²) < 4.78 is 7.07. The van der Waals surface area contributed by atoms with E-state index >= 15 is 0 Å². The van der Waals surface area contributed by atoms with Crippen molar-refractivity contribution in [1.29, 1.82) is 0 Å². The van der Waals surface area contributed by atoms with Crippen LogP contribution in [0, 0.1) is 0 Å². The highest BCUT2D eigenvalue weighted by Gasteiger charge is 2.28. The SMILES string of the molecule is COc1cc(=O)n2c(c1C(=O)N(C)Cc1cscn1)CCN(C(=O)CCCc1ccccc1)CC2. The maximum absolute atomic E-state index is 13.5. The summed E-state index contributed by atoms with van der Waals surface area (Å²) in [5.41, 5.74) is 4.51. The van der Waals surface area contributed by atoms with Gasteiger partial charge in [-0.15, -0.1) is 11.3 Å². The van der Waals surface area contributed by atoms with E-state index < -0.39 is 0 Å². The molecule has 0 bridgehead atoms. The van der Waals surface area contributed by atoms with Crippen LogP contribution in [0.5, 0.6) is 5.75 Å². The lowest BCUT2D eigenvalue weighted by Crippen LogP contribution is -2.34. The Labute approximate surface area is 208 Å². The Morgan fingerprint density at radius 2 is 1.97 bits per heavy atom. The number of aryl methyl sites for hydroxylation is 1. The molecule has 3 heterocycles. The van der Waals surface area contributed by atoms with Crippen LogP contribution in [0.4, 0.5) is 0 Å². The van der Waals surface area contributed by atoms with Gasteiger partial charge in [-0.1, -0.05) is 30.3 Å². The van der Waals surface area contributed by atoms with Crippen molar-refractivity contribution in [2.75, 3.05) is 27.2 Å². The molecule has 9 heteroatoms. The van der Waals surface area contributed by atoms with Crippen LogP contribution in [-0.2, 0) is 30.7 Å². The van der Waals surface area contributed by atoms with Crippen molar-refractivity contribution < 1.29 is 14.3 Å². The van der Waals surface area contributed by atoms with Crippen molar-refractivity contribution in [3.8, 4) is 5.75 Å². The maximum atomic E-state index is 13.5. The van der Waals surface area contributed by atoms with E-state index in [0.29, 0.717) is 50.3 Å². The van der Waals surface area contributed by atoms with Crippen LogP contribution in [0.25, 0.3) is 0 Å². The summed E-state index contributed by atoms with van der Waals surface area (Å²) in [6, 6.07) is 11.5. The highest BCUT2D eigenvalue weighted by Crippen LogP contribution is 2.25. The number of fused-ring (bicyclic) bond motifs is 1. The van der Waals surface area contributed by atoms with Crippen LogP contribution in [-0.4, -0.2) is 58.4 Å². The van der Waals surface area contributed by atoms with Gasteiger partial charge >= 0.3 is 0 Å². The zero-order valence-corrected chi connectivity index (χ0v) is 20.9. The predicted molar refractivity (Wildman–Crippen MR) is 135 cm³/mol. The van der Waals surface area contributed by atoms with Crippen molar-refractivity contribution in [3.63, 3.8) is 0 Å². The van der Waals surface area contributed by atoms with E-state index in [-0.39, 0.29) is 23.1 Å². The Morgan fingerprint density at radius 3 is 2.69 bits per heavy atom. The van der Waals surface area contributed by atoms with Crippen molar-refractivity contribution in [2.24, 2.45) is 0 Å². The van der Waals surface area contributed by atoms with Gasteiger partial charge in [-0.25, -0.2) is 4.98 Å². The number of pyridine rings is 1. The molecule has 0 spiro atoms. The first-order valence-electron chi connectivity index (χ1n) is 11.7. The summed E-state index contributed by atoms with van der Waals surface area (Å²) in [4.78, 5) is 46.9. The number of carbonyl (C=O) groups is 2. The average molecular weight is 495 g/mol. The molecule has 2 aromatic heterocycles. The normalized spacial score (nSPS) is 13.1. The standard InChI is InChI=1S/C26H30N4O4S/c1-28(16-20-17-35-18-27-20)26(33)25-21-11-12-29(13-14-30(21)24(32)15-22(25)34-2)23(31)10-6-9-19-7-4-3-5-8-19/h3-5,7-8,15,17-18H,6,9-14,16H2,1-2H3. The zero-order valence-electron chi connectivity index (χ0n) is 20.1. The lowest BCUT2D eigenvalue weighted by molar-refractivity contribution is -0.131. The molecule has 0 atom stereocenters. The van der Waals surface area contributed by atoms with Gasteiger partial charge in [0.05, 0.1) is 24.9 Å². The van der Waals surface area contributed by atoms with Gasteiger partial charge in [-0.2, -0.15) is 0 Å². The molecule has 0 fully saturated rings. The van der Waals surface area contributed by atoms with E-state index in [9.17, 15) is 14.4 Å². The number of amides is 2. The van der Waals surface area contributed by atoms with E-state index in [1.807, 2.05) is 23.6 Å². The van der Waals surface area contributed by atoms with Gasteiger partial charge in [0.25, 0.3) is 11.5 Å². The van der Waals surface area contributed by atoms with E-state index in [2.05, 4.69) is 17.1 Å². The number of methoxy groups -OCH3 is 1. The number of hydrogen-bond acceptors (Lipinski definition) is 6. The first kappa shape index (κ1) is 24.7. The van der Waals surface area contributed by atoms with E-state index in [1.54, 1.807) is 26.9 Å². The lowest BCUT2D eigenvalue weighted by Gasteiger charge is -2.21. The second-order valence-electron chi connectivity index (χ2n) is 8.64. The molecule has 0 unspecified atom stereocenters. The van der Waals surface area contributed by atoms with Gasteiger partial charge in [0, 0.05) is 56.7 Å². The van der Waals surface area contributed by atoms with Crippen molar-refractivity contribution in [2.45, 2.75) is 38.8 Å². The largest absolute Gasteiger partial charge is 0.496 e. The van der Waals surface area contributed by atoms with E-state index in [4.69, 9.17) is 4.74 Å². The highest BCUT2D eigenvalue weighted by atomic mass is 32.1. The molecule has 0 saturated heterocycles. The Morgan fingerprint density at radius 1 is 1.17 bits per heavy atom. The average Bonchev–Trinajstić information content (AvgIpc) is 3.27. The van der Waals surface area contributed by atoms with Gasteiger partial charge < -0.3 is 19.1 Å². The quantitative estimate of drug-likeness (QED) is 0.481. The molecule has 1 aromatic carbocycles. The minimum atomic E-state index is -0.235. The first-order chi connectivity index (χ1) is 17.0. The Hall–Kier alpha value is -3.46. The molecule has 0 N–H and O–H groups in total. The second kappa shape index (κ2) is 11.3. The highest BCUT2D eigenvalue weighted by molar-refractivity contribution is 7.07. The zero-order chi connectivity index (χ0) is 24.8. The van der Waals surface area contributed by atoms with Crippen LogP contribution in [0.1, 0.15) is 40.2 Å². The molecular formula is C26H30N4O4S. The van der Waals surface area contributed by atoms with Gasteiger partial charge in [-0.3, -0.25) is 14.4 Å². The molecule has 2 amide bonds. The topological polar surface area (TPSA) is 84.7 Å². The Balaban J connectivity index is 1.49. The number of nitrogens with zero attached hydrogens (tertiary/aromatic N) is 4. The molecule has 8 nitrogen and oxygen atoms in total. The number of hydrogen-bond donors (Lipinski definition) is 0. The van der Waals surface area contributed by atoms with Crippen molar-refractivity contribution in [1.82, 2.24) is 19.4 Å². The number of ether oxygens (including phenoxy) is 1. The third-order valence-corrected chi connectivity index (χ3v) is 6.94. The van der Waals surface area contributed by atoms with Gasteiger partial charge in [-0.05, 0) is 18.4 Å². The summed E-state index contributed by atoms with van der Waals surface area (Å²) in [6.45, 7) is 1.59. The van der Waals surface area contributed by atoms with Crippen molar-refractivity contribution >= 4 is 23.2 Å². The van der Waals surface area contributed by atoms with Crippen molar-refractivity contribution in [3.05, 3.63) is 80.2 Å². The maximum Gasteiger partial charge on any atom is 0.259 e. The fraction of sp³-hybridized carbons (Fsp3) is 0.385. The fourth-order valence-electron chi connectivity index (χ4n) is 4.46. The fourth-order valence-corrected chi connectivity index (χ4v) is 5.01. The first-order valence-corrected chi connectivity index (χ1v) is 12.7. The molecule has 35 heavy (non-hydrogen) atoms. The van der Waals surface area contributed by atoms with Crippen LogP contribution in [0.3, 0.4) is 0 Å². The molecule has 1 aliphatic heterocycles. The van der Waals surface area contributed by atoms with Crippen LogP contribution in [0.15, 0.2) is 52.1 Å². The third kappa shape index (κ3) is 5.79. The molecule has 0 radical (unpaired) electrons. The molecule has 184 valence electrons. The number of rotatable bonds is 8. The molecule has 0 aliphatic carbocycles. The minimum Gasteiger partial charge on any atom is -0.496 e. The Kier molecular flexibility index (Phi) is 7.97. The molecule has 4 rings (SSSR count). The monoisotopic (exact) mass is 494 g/mol. The molecule has 0 saturated carbocycles. The Bertz CT molecular complexity index is 1220. The summed E-state index contributed by atoms with van der Waals surface area (Å²) in [5, 5.41) is 1.90. The molecule has 3 aromatic rings. The smallest absolute Gasteiger partial charge is 0.259 e. The van der Waals surface area contributed by atoms with Gasteiger partial charge in [0.2, 0.25) is 5.91 Å². The third-order valence-electron chi connectivity index (χ3n) is 6.31. The van der Waals surface area contributed by atoms with Crippen LogP contribution < -0.4 is 10.3 Å². The van der Waals surface area contributed by atoms with E-state index in [1.165, 1.54) is 30.1 Å². The molecular weight excluding hydrogens is 464 g/mol. The summed E-state index contributed by atoms with van der Waals surface area (Å²) in [5.74, 6) is 0.0996. The minimum absolute atomic E-state index is 0.0716. The van der Waals surface area contributed by atoms with Crippen LogP contribution in [0.2, 0.25) is 0 Å². The molecule has 1 aliphatic rings. The van der Waals surface area contributed by atoms with Gasteiger partial charge in [0.1, 0.15) is 11.3 Å². The second-order valence-corrected chi connectivity index (χ2v) is 9.35. The number of thiazole rings is 1. The predicted octanol–water partition coefficient (Wildman–Crippen LogP) is 2.99. The van der Waals surface area contributed by atoms with Gasteiger partial charge in [0.15, 0.2) is 0 Å². The number of carbonyl (C=O) groups excluding carboxylic acids is 2. The summed E-state index contributed by atoms with van der Waals surface area (Å²) in [6.07, 6.45) is 2.47.